The minimum atomic E-state index is -0.512. The molecule has 0 saturated carbocycles. The molecular weight excluding hydrogens is 257 g/mol. The zero-order valence-corrected chi connectivity index (χ0v) is 12.3. The highest BCUT2D eigenvalue weighted by Gasteiger charge is 2.29. The van der Waals surface area contributed by atoms with Crippen LogP contribution in [0.15, 0.2) is 18.2 Å². The molecule has 0 aliphatic carbocycles. The average Bonchev–Trinajstić information content (AvgIpc) is 2.40. The van der Waals surface area contributed by atoms with Gasteiger partial charge in [0.1, 0.15) is 5.82 Å². The van der Waals surface area contributed by atoms with Crippen molar-refractivity contribution >= 4 is 11.6 Å². The number of carbonyl (C=O) groups is 1. The van der Waals surface area contributed by atoms with Crippen LogP contribution >= 0.6 is 0 Å². The second-order valence-electron chi connectivity index (χ2n) is 6.19. The summed E-state index contributed by atoms with van der Waals surface area (Å²) in [4.78, 5) is 16.4. The van der Waals surface area contributed by atoms with E-state index in [1.165, 1.54) is 18.2 Å². The van der Waals surface area contributed by atoms with Gasteiger partial charge in [-0.15, -0.1) is 0 Å². The molecule has 1 saturated heterocycles. The SMILES string of the molecule is CC(C)(C)N1CCN(C(=O)c2cc(N)ccc2F)CC1. The molecule has 0 bridgehead atoms. The largest absolute Gasteiger partial charge is 0.399 e. The molecule has 110 valence electrons. The number of benzene rings is 1. The van der Waals surface area contributed by atoms with Crippen molar-refractivity contribution in [1.82, 2.24) is 9.80 Å². The summed E-state index contributed by atoms with van der Waals surface area (Å²) in [6, 6.07) is 4.12. The van der Waals surface area contributed by atoms with Crippen molar-refractivity contribution in [3.05, 3.63) is 29.6 Å². The van der Waals surface area contributed by atoms with Gasteiger partial charge in [0.25, 0.3) is 5.91 Å². The number of nitrogens with zero attached hydrogens (tertiary/aromatic N) is 2. The van der Waals surface area contributed by atoms with Gasteiger partial charge >= 0.3 is 0 Å². The molecule has 20 heavy (non-hydrogen) atoms. The Kier molecular flexibility index (Phi) is 3.99. The van der Waals surface area contributed by atoms with E-state index in [-0.39, 0.29) is 17.0 Å². The Hall–Kier alpha value is -1.62. The molecule has 1 amide bonds. The van der Waals surface area contributed by atoms with E-state index in [4.69, 9.17) is 5.73 Å². The van der Waals surface area contributed by atoms with Gasteiger partial charge in [-0.2, -0.15) is 0 Å². The van der Waals surface area contributed by atoms with Gasteiger partial charge in [0.2, 0.25) is 0 Å². The van der Waals surface area contributed by atoms with Crippen LogP contribution in [0.25, 0.3) is 0 Å². The zero-order valence-electron chi connectivity index (χ0n) is 12.3. The van der Waals surface area contributed by atoms with Crippen LogP contribution < -0.4 is 5.73 Å². The fourth-order valence-corrected chi connectivity index (χ4v) is 2.46. The Morgan fingerprint density at radius 1 is 1.20 bits per heavy atom. The first-order chi connectivity index (χ1) is 9.29. The van der Waals surface area contributed by atoms with Crippen molar-refractivity contribution in [2.24, 2.45) is 0 Å². The van der Waals surface area contributed by atoms with Gasteiger partial charge in [0, 0.05) is 37.4 Å². The first-order valence-electron chi connectivity index (χ1n) is 6.88. The molecule has 0 spiro atoms. The van der Waals surface area contributed by atoms with E-state index in [0.29, 0.717) is 18.8 Å². The minimum Gasteiger partial charge on any atom is -0.399 e. The highest BCUT2D eigenvalue weighted by Crippen LogP contribution is 2.19. The molecule has 2 N–H and O–H groups in total. The van der Waals surface area contributed by atoms with Crippen molar-refractivity contribution in [2.75, 3.05) is 31.9 Å². The number of nitrogens with two attached hydrogens (primary N) is 1. The fourth-order valence-electron chi connectivity index (χ4n) is 2.46. The van der Waals surface area contributed by atoms with Gasteiger partial charge in [-0.3, -0.25) is 9.69 Å². The normalized spacial score (nSPS) is 17.3. The van der Waals surface area contributed by atoms with Crippen LogP contribution in [-0.4, -0.2) is 47.4 Å². The van der Waals surface area contributed by atoms with Crippen molar-refractivity contribution in [1.29, 1.82) is 0 Å². The Bertz CT molecular complexity index is 502. The van der Waals surface area contributed by atoms with E-state index >= 15 is 0 Å². The number of hydrogen-bond acceptors (Lipinski definition) is 3. The molecule has 0 unspecified atom stereocenters. The smallest absolute Gasteiger partial charge is 0.256 e. The summed E-state index contributed by atoms with van der Waals surface area (Å²) in [5.41, 5.74) is 6.19. The fraction of sp³-hybridized carbons (Fsp3) is 0.533. The summed E-state index contributed by atoms with van der Waals surface area (Å²) >= 11 is 0. The summed E-state index contributed by atoms with van der Waals surface area (Å²) in [5, 5.41) is 0. The van der Waals surface area contributed by atoms with Gasteiger partial charge in [0.15, 0.2) is 0 Å². The number of rotatable bonds is 1. The number of carbonyl (C=O) groups excluding carboxylic acids is 1. The van der Waals surface area contributed by atoms with E-state index in [1.54, 1.807) is 4.90 Å². The lowest BCUT2D eigenvalue weighted by molar-refractivity contribution is 0.0447. The minimum absolute atomic E-state index is 0.0641. The highest BCUT2D eigenvalue weighted by molar-refractivity contribution is 5.95. The van der Waals surface area contributed by atoms with Crippen LogP contribution in [0.5, 0.6) is 0 Å². The molecule has 1 aromatic carbocycles. The maximum Gasteiger partial charge on any atom is 0.256 e. The standard InChI is InChI=1S/C15H22FN3O/c1-15(2,3)19-8-6-18(7-9-19)14(20)12-10-11(17)4-5-13(12)16/h4-5,10H,6-9,17H2,1-3H3. The predicted octanol–water partition coefficient (Wildman–Crippen LogP) is 1.96. The molecule has 1 fully saturated rings. The summed E-state index contributed by atoms with van der Waals surface area (Å²) in [6.07, 6.45) is 0. The van der Waals surface area contributed by atoms with Crippen LogP contribution in [0, 0.1) is 5.82 Å². The molecule has 5 heteroatoms. The van der Waals surface area contributed by atoms with Crippen molar-refractivity contribution in [3.8, 4) is 0 Å². The van der Waals surface area contributed by atoms with Gasteiger partial charge < -0.3 is 10.6 Å². The molecule has 1 aromatic rings. The number of amides is 1. The molecule has 0 radical (unpaired) electrons. The second-order valence-corrected chi connectivity index (χ2v) is 6.19. The lowest BCUT2D eigenvalue weighted by Crippen LogP contribution is -2.54. The number of piperazine rings is 1. The Morgan fingerprint density at radius 3 is 2.35 bits per heavy atom. The number of hydrogen-bond donors (Lipinski definition) is 1. The predicted molar refractivity (Wildman–Crippen MR) is 78.0 cm³/mol. The van der Waals surface area contributed by atoms with Crippen LogP contribution in [0.2, 0.25) is 0 Å². The summed E-state index contributed by atoms with van der Waals surface area (Å²) in [6.45, 7) is 9.30. The third-order valence-electron chi connectivity index (χ3n) is 3.74. The van der Waals surface area contributed by atoms with E-state index < -0.39 is 5.82 Å². The van der Waals surface area contributed by atoms with Crippen molar-refractivity contribution in [3.63, 3.8) is 0 Å². The van der Waals surface area contributed by atoms with Crippen LogP contribution in [-0.2, 0) is 0 Å². The quantitative estimate of drug-likeness (QED) is 0.800. The van der Waals surface area contributed by atoms with E-state index in [0.717, 1.165) is 13.1 Å². The first-order valence-corrected chi connectivity index (χ1v) is 6.88. The third kappa shape index (κ3) is 3.10. The maximum absolute atomic E-state index is 13.7. The molecule has 1 aliphatic heterocycles. The summed E-state index contributed by atoms with van der Waals surface area (Å²) < 4.78 is 13.7. The van der Waals surface area contributed by atoms with Crippen LogP contribution in [0.4, 0.5) is 10.1 Å². The van der Waals surface area contributed by atoms with E-state index in [1.807, 2.05) is 0 Å². The topological polar surface area (TPSA) is 49.6 Å². The van der Waals surface area contributed by atoms with E-state index in [2.05, 4.69) is 25.7 Å². The monoisotopic (exact) mass is 279 g/mol. The Morgan fingerprint density at radius 2 is 1.80 bits per heavy atom. The molecule has 2 rings (SSSR count). The van der Waals surface area contributed by atoms with Crippen molar-refractivity contribution in [2.45, 2.75) is 26.3 Å². The average molecular weight is 279 g/mol. The van der Waals surface area contributed by atoms with Gasteiger partial charge in [-0.05, 0) is 39.0 Å². The lowest BCUT2D eigenvalue weighted by Gasteiger charge is -2.42. The van der Waals surface area contributed by atoms with E-state index in [9.17, 15) is 9.18 Å². The number of halogens is 1. The molecule has 4 nitrogen and oxygen atoms in total. The van der Waals surface area contributed by atoms with Gasteiger partial charge in [0.05, 0.1) is 5.56 Å². The molecule has 0 aromatic heterocycles. The Labute approximate surface area is 119 Å². The summed E-state index contributed by atoms with van der Waals surface area (Å²) in [5.74, 6) is -0.786. The molecule has 1 heterocycles. The zero-order chi connectivity index (χ0) is 14.9. The molecule has 1 aliphatic rings. The van der Waals surface area contributed by atoms with Crippen LogP contribution in [0.3, 0.4) is 0 Å². The third-order valence-corrected chi connectivity index (χ3v) is 3.74. The Balaban J connectivity index is 2.07. The maximum atomic E-state index is 13.7. The number of anilines is 1. The highest BCUT2D eigenvalue weighted by atomic mass is 19.1. The molecular formula is C15H22FN3O. The molecule has 0 atom stereocenters. The van der Waals surface area contributed by atoms with Gasteiger partial charge in [-0.25, -0.2) is 4.39 Å². The first kappa shape index (κ1) is 14.8. The lowest BCUT2D eigenvalue weighted by atomic mass is 10.0. The second kappa shape index (κ2) is 5.40. The van der Waals surface area contributed by atoms with Crippen LogP contribution in [0.1, 0.15) is 31.1 Å². The van der Waals surface area contributed by atoms with Crippen molar-refractivity contribution < 1.29 is 9.18 Å². The van der Waals surface area contributed by atoms with Gasteiger partial charge in [-0.1, -0.05) is 0 Å². The number of nitrogen functional groups attached to an aromatic ring is 1. The summed E-state index contributed by atoms with van der Waals surface area (Å²) in [7, 11) is 0.